The molecular formula is C6H7ClFN3O2S. The van der Waals surface area contributed by atoms with Crippen LogP contribution in [0.2, 0.25) is 0 Å². The van der Waals surface area contributed by atoms with Crippen molar-refractivity contribution < 1.29 is 12.8 Å². The van der Waals surface area contributed by atoms with Gasteiger partial charge in [0.25, 0.3) is 0 Å². The zero-order chi connectivity index (χ0) is 10.8. The van der Waals surface area contributed by atoms with Crippen LogP contribution in [0.15, 0.2) is 23.1 Å². The minimum atomic E-state index is -3.88. The first-order valence-electron chi connectivity index (χ1n) is 3.39. The van der Waals surface area contributed by atoms with Crippen molar-refractivity contribution in [3.63, 3.8) is 0 Å². The number of hydrazine groups is 1. The minimum absolute atomic E-state index is 0.0207. The van der Waals surface area contributed by atoms with E-state index in [0.717, 1.165) is 12.1 Å². The SMILES string of the molecule is NS(=O)(=O)c1ccc(NNCl)c(F)c1. The van der Waals surface area contributed by atoms with Gasteiger partial charge in [-0.3, -0.25) is 0 Å². The van der Waals surface area contributed by atoms with Crippen molar-refractivity contribution in [3.8, 4) is 0 Å². The summed E-state index contributed by atoms with van der Waals surface area (Å²) in [5.41, 5.74) is 2.28. The van der Waals surface area contributed by atoms with Crippen LogP contribution in [0.25, 0.3) is 0 Å². The molecule has 8 heteroatoms. The summed E-state index contributed by atoms with van der Waals surface area (Å²) in [7, 11) is -3.88. The number of halogens is 2. The molecule has 78 valence electrons. The van der Waals surface area contributed by atoms with Gasteiger partial charge in [0.1, 0.15) is 5.82 Å². The lowest BCUT2D eigenvalue weighted by Crippen LogP contribution is -2.14. The van der Waals surface area contributed by atoms with E-state index in [-0.39, 0.29) is 10.6 Å². The van der Waals surface area contributed by atoms with Gasteiger partial charge in [0.2, 0.25) is 10.0 Å². The predicted molar refractivity (Wildman–Crippen MR) is 50.4 cm³/mol. The zero-order valence-electron chi connectivity index (χ0n) is 6.79. The summed E-state index contributed by atoms with van der Waals surface area (Å²) in [4.78, 5) is 1.69. The highest BCUT2D eigenvalue weighted by Gasteiger charge is 2.10. The Labute approximate surface area is 85.2 Å². The number of nitrogens with two attached hydrogens (primary N) is 1. The normalized spacial score (nSPS) is 11.4. The molecule has 0 radical (unpaired) electrons. The fourth-order valence-electron chi connectivity index (χ4n) is 0.825. The number of primary sulfonamides is 1. The second kappa shape index (κ2) is 4.09. The summed E-state index contributed by atoms with van der Waals surface area (Å²) >= 11 is 5.07. The van der Waals surface area contributed by atoms with Gasteiger partial charge in [0.15, 0.2) is 0 Å². The van der Waals surface area contributed by atoms with Crippen molar-refractivity contribution in [3.05, 3.63) is 24.0 Å². The molecule has 0 amide bonds. The molecule has 0 heterocycles. The Balaban J connectivity index is 3.13. The Morgan fingerprint density at radius 2 is 2.07 bits per heavy atom. The van der Waals surface area contributed by atoms with Crippen molar-refractivity contribution in [2.45, 2.75) is 4.90 Å². The highest BCUT2D eigenvalue weighted by Crippen LogP contribution is 2.17. The average Bonchev–Trinajstić information content (AvgIpc) is 2.07. The summed E-state index contributed by atoms with van der Waals surface area (Å²) in [6.45, 7) is 0. The molecule has 14 heavy (non-hydrogen) atoms. The number of rotatable bonds is 3. The number of benzene rings is 1. The lowest BCUT2D eigenvalue weighted by Gasteiger charge is -2.05. The maximum atomic E-state index is 13.1. The Kier molecular flexibility index (Phi) is 3.27. The molecule has 1 aromatic carbocycles. The molecular weight excluding hydrogens is 233 g/mol. The van der Waals surface area contributed by atoms with Gasteiger partial charge in [-0.15, -0.1) is 4.94 Å². The molecule has 0 aliphatic heterocycles. The summed E-state index contributed by atoms with van der Waals surface area (Å²) in [5, 5.41) is 4.79. The first-order chi connectivity index (χ1) is 6.45. The van der Waals surface area contributed by atoms with E-state index < -0.39 is 15.8 Å². The molecule has 0 aliphatic carbocycles. The van der Waals surface area contributed by atoms with Crippen LogP contribution in [0, 0.1) is 5.82 Å². The van der Waals surface area contributed by atoms with Gasteiger partial charge < -0.3 is 5.43 Å². The largest absolute Gasteiger partial charge is 0.305 e. The monoisotopic (exact) mass is 239 g/mol. The molecule has 4 N–H and O–H groups in total. The molecule has 1 aromatic rings. The van der Waals surface area contributed by atoms with E-state index in [0.29, 0.717) is 0 Å². The zero-order valence-corrected chi connectivity index (χ0v) is 8.36. The van der Waals surface area contributed by atoms with Crippen LogP contribution < -0.4 is 15.5 Å². The van der Waals surface area contributed by atoms with E-state index >= 15 is 0 Å². The molecule has 0 aliphatic rings. The van der Waals surface area contributed by atoms with E-state index in [1.54, 1.807) is 0 Å². The summed E-state index contributed by atoms with van der Waals surface area (Å²) in [6, 6.07) is 3.16. The van der Waals surface area contributed by atoms with E-state index in [1.165, 1.54) is 6.07 Å². The fourth-order valence-corrected chi connectivity index (χ4v) is 1.45. The van der Waals surface area contributed by atoms with Gasteiger partial charge in [0, 0.05) is 0 Å². The molecule has 0 bridgehead atoms. The van der Waals surface area contributed by atoms with Gasteiger partial charge in [-0.05, 0) is 30.0 Å². The highest BCUT2D eigenvalue weighted by molar-refractivity contribution is 7.89. The summed E-state index contributed by atoms with van der Waals surface area (Å²) < 4.78 is 34.7. The third-order valence-corrected chi connectivity index (χ3v) is 2.46. The van der Waals surface area contributed by atoms with E-state index in [2.05, 4.69) is 5.43 Å². The minimum Gasteiger partial charge on any atom is -0.305 e. The molecule has 0 spiro atoms. The van der Waals surface area contributed by atoms with Crippen molar-refractivity contribution >= 4 is 27.5 Å². The second-order valence-electron chi connectivity index (χ2n) is 2.41. The Morgan fingerprint density at radius 3 is 2.50 bits per heavy atom. The Bertz CT molecular complexity index is 437. The first kappa shape index (κ1) is 11.2. The predicted octanol–water partition coefficient (Wildman–Crippen LogP) is 0.543. The van der Waals surface area contributed by atoms with E-state index in [4.69, 9.17) is 16.9 Å². The fraction of sp³-hybridized carbons (Fsp3) is 0. The highest BCUT2D eigenvalue weighted by atomic mass is 35.5. The molecule has 1 rings (SSSR count). The molecule has 0 aromatic heterocycles. The van der Waals surface area contributed by atoms with E-state index in [9.17, 15) is 12.8 Å². The summed E-state index contributed by atoms with van der Waals surface area (Å²) in [6.07, 6.45) is 0. The van der Waals surface area contributed by atoms with Crippen LogP contribution in [0.1, 0.15) is 0 Å². The average molecular weight is 240 g/mol. The molecule has 0 fully saturated rings. The van der Waals surface area contributed by atoms with Crippen molar-refractivity contribution in [2.75, 3.05) is 5.43 Å². The van der Waals surface area contributed by atoms with E-state index in [1.807, 2.05) is 4.94 Å². The van der Waals surface area contributed by atoms with Gasteiger partial charge in [-0.1, -0.05) is 0 Å². The number of nitrogens with one attached hydrogen (secondary N) is 2. The quantitative estimate of drug-likeness (QED) is 0.531. The number of sulfonamides is 1. The molecule has 0 saturated carbocycles. The standard InChI is InChI=1S/C6H7ClFN3O2S/c7-11-10-6-2-1-4(3-5(6)8)14(9,12)13/h1-3,10-11H,(H2,9,12,13). The lowest BCUT2D eigenvalue weighted by molar-refractivity contribution is 0.592. The number of hydrogen-bond acceptors (Lipinski definition) is 4. The smallest absolute Gasteiger partial charge is 0.238 e. The number of hydrogen-bond donors (Lipinski definition) is 3. The molecule has 5 nitrogen and oxygen atoms in total. The lowest BCUT2D eigenvalue weighted by atomic mass is 10.3. The van der Waals surface area contributed by atoms with Crippen LogP contribution in [0.5, 0.6) is 0 Å². The number of anilines is 1. The van der Waals surface area contributed by atoms with Crippen molar-refractivity contribution in [1.29, 1.82) is 0 Å². The van der Waals surface area contributed by atoms with Crippen LogP contribution in [0.4, 0.5) is 10.1 Å². The van der Waals surface area contributed by atoms with Crippen LogP contribution in [0.3, 0.4) is 0 Å². The maximum Gasteiger partial charge on any atom is 0.238 e. The van der Waals surface area contributed by atoms with Crippen molar-refractivity contribution in [2.24, 2.45) is 5.14 Å². The van der Waals surface area contributed by atoms with Gasteiger partial charge >= 0.3 is 0 Å². The second-order valence-corrected chi connectivity index (χ2v) is 4.16. The Hall–Kier alpha value is -0.890. The van der Waals surface area contributed by atoms with Crippen LogP contribution in [-0.4, -0.2) is 8.42 Å². The summed E-state index contributed by atoms with van der Waals surface area (Å²) in [5.74, 6) is -0.773. The van der Waals surface area contributed by atoms with Gasteiger partial charge in [-0.25, -0.2) is 17.9 Å². The molecule has 0 saturated heterocycles. The van der Waals surface area contributed by atoms with Gasteiger partial charge in [-0.2, -0.15) is 0 Å². The molecule has 0 unspecified atom stereocenters. The topological polar surface area (TPSA) is 84.2 Å². The van der Waals surface area contributed by atoms with Crippen molar-refractivity contribution in [1.82, 2.24) is 4.94 Å². The van der Waals surface area contributed by atoms with Crippen LogP contribution >= 0.6 is 11.8 Å². The first-order valence-corrected chi connectivity index (χ1v) is 5.31. The Morgan fingerprint density at radius 1 is 1.43 bits per heavy atom. The van der Waals surface area contributed by atoms with Gasteiger partial charge in [0.05, 0.1) is 10.6 Å². The maximum absolute atomic E-state index is 13.1. The van der Waals surface area contributed by atoms with Crippen LogP contribution in [-0.2, 0) is 10.0 Å². The molecule has 0 atom stereocenters. The third kappa shape index (κ3) is 2.55. The third-order valence-electron chi connectivity index (χ3n) is 1.45.